The Kier molecular flexibility index (Phi) is 4.40. The zero-order valence-electron chi connectivity index (χ0n) is 15.3. The molecule has 2 bridgehead atoms. The Balaban J connectivity index is 1.48. The molecule has 2 N–H and O–H groups in total. The van der Waals surface area contributed by atoms with Gasteiger partial charge in [-0.3, -0.25) is 9.59 Å². The maximum Gasteiger partial charge on any atom is 0.263 e. The molecule has 26 heavy (non-hydrogen) atoms. The highest BCUT2D eigenvalue weighted by Gasteiger charge is 2.31. The van der Waals surface area contributed by atoms with Crippen LogP contribution in [0.1, 0.15) is 39.8 Å². The average Bonchev–Trinajstić information content (AvgIpc) is 2.95. The quantitative estimate of drug-likeness (QED) is 0.850. The molecule has 0 radical (unpaired) electrons. The molecule has 2 aromatic rings. The van der Waals surface area contributed by atoms with Crippen molar-refractivity contribution >= 4 is 5.91 Å². The van der Waals surface area contributed by atoms with Gasteiger partial charge in [0, 0.05) is 43.5 Å². The van der Waals surface area contributed by atoms with E-state index in [1.807, 2.05) is 29.0 Å². The number of rotatable bonds is 4. The molecule has 1 fully saturated rings. The molecule has 1 saturated heterocycles. The summed E-state index contributed by atoms with van der Waals surface area (Å²) in [4.78, 5) is 29.6. The first kappa shape index (κ1) is 17.0. The second-order valence-electron chi connectivity index (χ2n) is 7.41. The van der Waals surface area contributed by atoms with Gasteiger partial charge in [0.05, 0.1) is 12.0 Å². The Morgan fingerprint density at radius 3 is 2.96 bits per heavy atom. The lowest BCUT2D eigenvalue weighted by Gasteiger charge is -2.37. The van der Waals surface area contributed by atoms with Gasteiger partial charge in [-0.15, -0.1) is 0 Å². The fourth-order valence-electron chi connectivity index (χ4n) is 4.12. The molecular formula is C19H25N5O2. The molecule has 4 rings (SSSR count). The number of piperidine rings is 1. The van der Waals surface area contributed by atoms with E-state index in [0.29, 0.717) is 31.5 Å². The molecular weight excluding hydrogens is 330 g/mol. The van der Waals surface area contributed by atoms with E-state index in [9.17, 15) is 9.59 Å². The summed E-state index contributed by atoms with van der Waals surface area (Å²) < 4.78 is 3.82. The summed E-state index contributed by atoms with van der Waals surface area (Å²) in [6.45, 7) is 7.63. The minimum Gasteiger partial charge on any atom is -0.350 e. The monoisotopic (exact) mass is 355 g/mol. The number of nitrogens with zero attached hydrogens (tertiary/aromatic N) is 3. The number of hydrogen-bond acceptors (Lipinski definition) is 4. The van der Waals surface area contributed by atoms with E-state index in [2.05, 4.69) is 15.6 Å². The van der Waals surface area contributed by atoms with E-state index in [0.717, 1.165) is 36.6 Å². The fraction of sp³-hybridized carbons (Fsp3) is 0.526. The van der Waals surface area contributed by atoms with Crippen LogP contribution in [0.3, 0.4) is 0 Å². The van der Waals surface area contributed by atoms with Gasteiger partial charge >= 0.3 is 0 Å². The fourth-order valence-corrected chi connectivity index (χ4v) is 4.12. The van der Waals surface area contributed by atoms with E-state index in [1.165, 1.54) is 0 Å². The average molecular weight is 355 g/mol. The minimum atomic E-state index is -0.298. The zero-order chi connectivity index (χ0) is 18.3. The van der Waals surface area contributed by atoms with Gasteiger partial charge < -0.3 is 19.8 Å². The van der Waals surface area contributed by atoms with Crippen LogP contribution in [0, 0.1) is 19.8 Å². The lowest BCUT2D eigenvalue weighted by molar-refractivity contribution is 0.0949. The van der Waals surface area contributed by atoms with Gasteiger partial charge in [-0.05, 0) is 44.9 Å². The van der Waals surface area contributed by atoms with Crippen molar-refractivity contribution in [1.29, 1.82) is 0 Å². The first-order valence-electron chi connectivity index (χ1n) is 9.25. The molecule has 1 amide bonds. The van der Waals surface area contributed by atoms with Gasteiger partial charge in [-0.25, -0.2) is 4.98 Å². The number of imidazole rings is 1. The summed E-state index contributed by atoms with van der Waals surface area (Å²) in [7, 11) is 0. The summed E-state index contributed by atoms with van der Waals surface area (Å²) >= 11 is 0. The lowest BCUT2D eigenvalue weighted by Crippen LogP contribution is -2.46. The van der Waals surface area contributed by atoms with Crippen molar-refractivity contribution in [3.8, 4) is 0 Å². The summed E-state index contributed by atoms with van der Waals surface area (Å²) in [5.74, 6) is 0.554. The Morgan fingerprint density at radius 1 is 1.35 bits per heavy atom. The molecule has 2 aromatic heterocycles. The lowest BCUT2D eigenvalue weighted by atomic mass is 9.84. The van der Waals surface area contributed by atoms with E-state index >= 15 is 0 Å². The van der Waals surface area contributed by atoms with Crippen molar-refractivity contribution in [2.75, 3.05) is 19.6 Å². The van der Waals surface area contributed by atoms with Gasteiger partial charge in [0.15, 0.2) is 0 Å². The number of nitrogens with one attached hydrogen (secondary N) is 2. The SMILES string of the molecule is Cc1ncn(CCNC(=O)c2ccc3n(c2=O)C[C@@H]2CNC[C@H]3C2)c1C. The Hall–Kier alpha value is -2.41. The van der Waals surface area contributed by atoms with E-state index < -0.39 is 0 Å². The molecule has 2 aliphatic rings. The minimum absolute atomic E-state index is 0.161. The molecule has 4 heterocycles. The molecule has 7 heteroatoms. The van der Waals surface area contributed by atoms with Crippen LogP contribution in [0.15, 0.2) is 23.3 Å². The molecule has 0 aromatic carbocycles. The summed E-state index contributed by atoms with van der Waals surface area (Å²) in [6, 6.07) is 3.64. The van der Waals surface area contributed by atoms with Crippen LogP contribution in [-0.4, -0.2) is 39.7 Å². The molecule has 7 nitrogen and oxygen atoms in total. The number of pyridine rings is 1. The normalized spacial score (nSPS) is 21.3. The van der Waals surface area contributed by atoms with Crippen LogP contribution >= 0.6 is 0 Å². The van der Waals surface area contributed by atoms with Crippen LogP contribution in [0.5, 0.6) is 0 Å². The topological polar surface area (TPSA) is 81.0 Å². The van der Waals surface area contributed by atoms with Crippen LogP contribution in [0.25, 0.3) is 0 Å². The third-order valence-electron chi connectivity index (χ3n) is 5.74. The van der Waals surface area contributed by atoms with Crippen LogP contribution in [0.2, 0.25) is 0 Å². The van der Waals surface area contributed by atoms with Crippen LogP contribution in [-0.2, 0) is 13.1 Å². The maximum absolute atomic E-state index is 12.8. The van der Waals surface area contributed by atoms with Gasteiger partial charge in [0.1, 0.15) is 5.56 Å². The van der Waals surface area contributed by atoms with Crippen molar-refractivity contribution in [1.82, 2.24) is 24.8 Å². The second-order valence-corrected chi connectivity index (χ2v) is 7.41. The van der Waals surface area contributed by atoms with Gasteiger partial charge in [0.25, 0.3) is 11.5 Å². The van der Waals surface area contributed by atoms with Crippen molar-refractivity contribution in [2.45, 2.75) is 39.3 Å². The van der Waals surface area contributed by atoms with E-state index in [4.69, 9.17) is 0 Å². The number of carbonyl (C=O) groups is 1. The molecule has 0 spiro atoms. The largest absolute Gasteiger partial charge is 0.350 e. The zero-order valence-corrected chi connectivity index (χ0v) is 15.3. The smallest absolute Gasteiger partial charge is 0.263 e. The number of hydrogen-bond donors (Lipinski definition) is 2. The summed E-state index contributed by atoms with van der Waals surface area (Å²) in [6.07, 6.45) is 2.90. The van der Waals surface area contributed by atoms with Gasteiger partial charge in [0.2, 0.25) is 0 Å². The number of amides is 1. The van der Waals surface area contributed by atoms with Crippen molar-refractivity contribution < 1.29 is 4.79 Å². The first-order chi connectivity index (χ1) is 12.5. The number of aryl methyl sites for hydroxylation is 1. The summed E-state index contributed by atoms with van der Waals surface area (Å²) in [5.41, 5.74) is 3.21. The molecule has 0 unspecified atom stereocenters. The molecule has 0 aliphatic carbocycles. The highest BCUT2D eigenvalue weighted by Crippen LogP contribution is 2.31. The predicted molar refractivity (Wildman–Crippen MR) is 98.5 cm³/mol. The van der Waals surface area contributed by atoms with E-state index in [-0.39, 0.29) is 17.0 Å². The maximum atomic E-state index is 12.8. The molecule has 0 saturated carbocycles. The Morgan fingerprint density at radius 2 is 2.19 bits per heavy atom. The second kappa shape index (κ2) is 6.72. The number of carbonyl (C=O) groups excluding carboxylic acids is 1. The Bertz CT molecular complexity index is 898. The molecule has 2 aliphatic heterocycles. The Labute approximate surface area is 152 Å². The van der Waals surface area contributed by atoms with E-state index in [1.54, 1.807) is 12.4 Å². The highest BCUT2D eigenvalue weighted by molar-refractivity contribution is 5.93. The predicted octanol–water partition coefficient (Wildman–Crippen LogP) is 0.798. The third-order valence-corrected chi connectivity index (χ3v) is 5.74. The number of aromatic nitrogens is 3. The van der Waals surface area contributed by atoms with Gasteiger partial charge in [-0.2, -0.15) is 0 Å². The van der Waals surface area contributed by atoms with Crippen LogP contribution < -0.4 is 16.2 Å². The first-order valence-corrected chi connectivity index (χ1v) is 9.25. The standard InChI is InChI=1S/C19H25N5O2/c1-12-13(2)23(11-22-12)6-5-21-18(25)16-3-4-17-15-7-14(8-20-9-15)10-24(17)19(16)26/h3-4,11,14-15,20H,5-10H2,1-2H3,(H,21,25)/t14-,15+/m0/s1. The van der Waals surface area contributed by atoms with Crippen molar-refractivity contribution in [3.05, 3.63) is 51.5 Å². The highest BCUT2D eigenvalue weighted by atomic mass is 16.2. The third kappa shape index (κ3) is 2.96. The summed E-state index contributed by atoms with van der Waals surface area (Å²) in [5, 5.41) is 6.30. The van der Waals surface area contributed by atoms with Gasteiger partial charge in [-0.1, -0.05) is 0 Å². The van der Waals surface area contributed by atoms with Crippen molar-refractivity contribution in [3.63, 3.8) is 0 Å². The van der Waals surface area contributed by atoms with Crippen LogP contribution in [0.4, 0.5) is 0 Å². The molecule has 2 atom stereocenters. The number of fused-ring (bicyclic) bond motifs is 4. The molecule has 138 valence electrons. The van der Waals surface area contributed by atoms with Crippen molar-refractivity contribution in [2.24, 2.45) is 5.92 Å².